The van der Waals surface area contributed by atoms with Gasteiger partial charge in [-0.05, 0) is 37.7 Å². The minimum atomic E-state index is 0.0614. The molecule has 0 bridgehead atoms. The zero-order valence-corrected chi connectivity index (χ0v) is 12.7. The van der Waals surface area contributed by atoms with Crippen LogP contribution in [0.15, 0.2) is 18.2 Å². The van der Waals surface area contributed by atoms with Crippen LogP contribution in [0.25, 0.3) is 0 Å². The number of piperazine rings is 1. The number of benzene rings is 1. The summed E-state index contributed by atoms with van der Waals surface area (Å²) in [7, 11) is 2.07. The number of hydrogen-bond donors (Lipinski definition) is 1. The Balaban J connectivity index is 2.15. The molecule has 0 atom stereocenters. The van der Waals surface area contributed by atoms with Crippen LogP contribution in [0, 0.1) is 18.8 Å². The van der Waals surface area contributed by atoms with E-state index in [1.165, 1.54) is 0 Å². The molecule has 0 spiro atoms. The fraction of sp³-hybridized carbons (Fsp3) is 0.471. The monoisotopic (exact) mass is 286 g/mol. The molecule has 2 rings (SSSR count). The topological polar surface area (TPSA) is 43.8 Å². The second-order valence-corrected chi connectivity index (χ2v) is 5.46. The van der Waals surface area contributed by atoms with Crippen molar-refractivity contribution in [1.82, 2.24) is 9.80 Å². The molecule has 1 amide bonds. The highest BCUT2D eigenvalue weighted by molar-refractivity contribution is 5.95. The highest BCUT2D eigenvalue weighted by Crippen LogP contribution is 2.13. The standard InChI is InChI=1S/C17H22N2O2/c1-14-11-15(5-3-4-10-20)13-16(12-14)17(21)19-8-6-18(2)7-9-19/h11-13,20H,4,6-10H2,1-2H3. The van der Waals surface area contributed by atoms with Gasteiger partial charge in [-0.15, -0.1) is 0 Å². The lowest BCUT2D eigenvalue weighted by atomic mass is 10.1. The van der Waals surface area contributed by atoms with Crippen molar-refractivity contribution in [3.63, 3.8) is 0 Å². The first kappa shape index (κ1) is 15.6. The maximum absolute atomic E-state index is 12.6. The third-order valence-electron chi connectivity index (χ3n) is 3.58. The lowest BCUT2D eigenvalue weighted by Gasteiger charge is -2.32. The number of amides is 1. The Morgan fingerprint density at radius 2 is 1.95 bits per heavy atom. The number of rotatable bonds is 2. The molecule has 1 fully saturated rings. The van der Waals surface area contributed by atoms with E-state index in [1.807, 2.05) is 30.0 Å². The van der Waals surface area contributed by atoms with Gasteiger partial charge in [0.25, 0.3) is 5.91 Å². The van der Waals surface area contributed by atoms with Crippen molar-refractivity contribution < 1.29 is 9.90 Å². The summed E-state index contributed by atoms with van der Waals surface area (Å²) in [5.41, 5.74) is 2.57. The molecule has 1 aromatic carbocycles. The first-order valence-corrected chi connectivity index (χ1v) is 7.29. The van der Waals surface area contributed by atoms with E-state index in [0.717, 1.165) is 37.3 Å². The molecule has 112 valence electrons. The number of likely N-dealkylation sites (N-methyl/N-ethyl adjacent to an activating group) is 1. The number of aryl methyl sites for hydroxylation is 1. The Labute approximate surface area is 126 Å². The van der Waals surface area contributed by atoms with Gasteiger partial charge < -0.3 is 14.9 Å². The fourth-order valence-corrected chi connectivity index (χ4v) is 2.39. The SMILES string of the molecule is Cc1cc(C#CCCO)cc(C(=O)N2CCN(C)CC2)c1. The molecule has 1 aliphatic heterocycles. The van der Waals surface area contributed by atoms with Gasteiger partial charge in [0, 0.05) is 43.7 Å². The van der Waals surface area contributed by atoms with Crippen molar-refractivity contribution >= 4 is 5.91 Å². The van der Waals surface area contributed by atoms with Crippen LogP contribution in [0.2, 0.25) is 0 Å². The van der Waals surface area contributed by atoms with Crippen molar-refractivity contribution in [3.8, 4) is 11.8 Å². The summed E-state index contributed by atoms with van der Waals surface area (Å²) >= 11 is 0. The smallest absolute Gasteiger partial charge is 0.253 e. The van der Waals surface area contributed by atoms with E-state index in [1.54, 1.807) is 0 Å². The minimum Gasteiger partial charge on any atom is -0.395 e. The second-order valence-electron chi connectivity index (χ2n) is 5.46. The molecule has 1 saturated heterocycles. The van der Waals surface area contributed by atoms with Gasteiger partial charge in [0.05, 0.1) is 6.61 Å². The summed E-state index contributed by atoms with van der Waals surface area (Å²) in [5.74, 6) is 5.98. The highest BCUT2D eigenvalue weighted by Gasteiger charge is 2.20. The largest absolute Gasteiger partial charge is 0.395 e. The molecule has 1 aromatic rings. The fourth-order valence-electron chi connectivity index (χ4n) is 2.39. The van der Waals surface area contributed by atoms with Gasteiger partial charge in [-0.1, -0.05) is 11.8 Å². The van der Waals surface area contributed by atoms with E-state index < -0.39 is 0 Å². The zero-order chi connectivity index (χ0) is 15.2. The lowest BCUT2D eigenvalue weighted by molar-refractivity contribution is 0.0664. The first-order valence-electron chi connectivity index (χ1n) is 7.29. The molecule has 21 heavy (non-hydrogen) atoms. The van der Waals surface area contributed by atoms with E-state index in [4.69, 9.17) is 5.11 Å². The Hall–Kier alpha value is -1.83. The van der Waals surface area contributed by atoms with E-state index >= 15 is 0 Å². The number of carbonyl (C=O) groups excluding carboxylic acids is 1. The molecule has 0 aromatic heterocycles. The summed E-state index contributed by atoms with van der Waals surface area (Å²) < 4.78 is 0. The second kappa shape index (κ2) is 7.26. The van der Waals surface area contributed by atoms with Gasteiger partial charge in [-0.25, -0.2) is 0 Å². The quantitative estimate of drug-likeness (QED) is 0.829. The maximum Gasteiger partial charge on any atom is 0.253 e. The summed E-state index contributed by atoms with van der Waals surface area (Å²) in [6.45, 7) is 5.41. The Morgan fingerprint density at radius 1 is 1.24 bits per heavy atom. The number of aliphatic hydroxyl groups excluding tert-OH is 1. The molecule has 0 unspecified atom stereocenters. The number of carbonyl (C=O) groups is 1. The average Bonchev–Trinajstić information content (AvgIpc) is 2.47. The number of aliphatic hydroxyl groups is 1. The molecule has 0 saturated carbocycles. The van der Waals surface area contributed by atoms with Crippen LogP contribution in [0.5, 0.6) is 0 Å². The van der Waals surface area contributed by atoms with Gasteiger partial charge in [0.15, 0.2) is 0 Å². The lowest BCUT2D eigenvalue weighted by Crippen LogP contribution is -2.47. The van der Waals surface area contributed by atoms with E-state index in [9.17, 15) is 4.79 Å². The summed E-state index contributed by atoms with van der Waals surface area (Å²) in [5, 5.41) is 8.77. The molecule has 1 aliphatic rings. The van der Waals surface area contributed by atoms with Gasteiger partial charge in [0.2, 0.25) is 0 Å². The maximum atomic E-state index is 12.6. The average molecular weight is 286 g/mol. The van der Waals surface area contributed by atoms with Crippen LogP contribution >= 0.6 is 0 Å². The van der Waals surface area contributed by atoms with Crippen molar-refractivity contribution in [2.24, 2.45) is 0 Å². The van der Waals surface area contributed by atoms with Gasteiger partial charge >= 0.3 is 0 Å². The first-order chi connectivity index (χ1) is 10.1. The van der Waals surface area contributed by atoms with E-state index in [-0.39, 0.29) is 12.5 Å². The molecule has 4 heteroatoms. The van der Waals surface area contributed by atoms with Crippen LogP contribution in [0.1, 0.15) is 27.9 Å². The third kappa shape index (κ3) is 4.32. The molecule has 0 radical (unpaired) electrons. The number of nitrogens with zero attached hydrogens (tertiary/aromatic N) is 2. The predicted molar refractivity (Wildman–Crippen MR) is 83.2 cm³/mol. The van der Waals surface area contributed by atoms with Crippen LogP contribution in [0.4, 0.5) is 0 Å². The van der Waals surface area contributed by atoms with Crippen molar-refractivity contribution in [3.05, 3.63) is 34.9 Å². The van der Waals surface area contributed by atoms with Crippen molar-refractivity contribution in [2.45, 2.75) is 13.3 Å². The van der Waals surface area contributed by atoms with Crippen molar-refractivity contribution in [1.29, 1.82) is 0 Å². The molecule has 1 N–H and O–H groups in total. The van der Waals surface area contributed by atoms with Crippen LogP contribution in [-0.2, 0) is 0 Å². The Bertz CT molecular complexity index is 564. The van der Waals surface area contributed by atoms with Gasteiger partial charge in [0.1, 0.15) is 0 Å². The molecule has 4 nitrogen and oxygen atoms in total. The third-order valence-corrected chi connectivity index (χ3v) is 3.58. The Kier molecular flexibility index (Phi) is 5.38. The predicted octanol–water partition coefficient (Wildman–Crippen LogP) is 1.12. The summed E-state index contributed by atoms with van der Waals surface area (Å²) in [6, 6.07) is 5.72. The minimum absolute atomic E-state index is 0.0614. The van der Waals surface area contributed by atoms with Gasteiger partial charge in [-0.2, -0.15) is 0 Å². The molecular weight excluding hydrogens is 264 g/mol. The summed E-state index contributed by atoms with van der Waals surface area (Å²) in [4.78, 5) is 16.7. The molecule has 0 aliphatic carbocycles. The van der Waals surface area contributed by atoms with E-state index in [0.29, 0.717) is 12.0 Å². The molecular formula is C17H22N2O2. The highest BCUT2D eigenvalue weighted by atomic mass is 16.2. The van der Waals surface area contributed by atoms with Gasteiger partial charge in [-0.3, -0.25) is 4.79 Å². The zero-order valence-electron chi connectivity index (χ0n) is 12.7. The van der Waals surface area contributed by atoms with E-state index in [2.05, 4.69) is 23.8 Å². The summed E-state index contributed by atoms with van der Waals surface area (Å²) in [6.07, 6.45) is 0.454. The number of hydrogen-bond acceptors (Lipinski definition) is 3. The van der Waals surface area contributed by atoms with Crippen LogP contribution < -0.4 is 0 Å². The van der Waals surface area contributed by atoms with Crippen LogP contribution in [0.3, 0.4) is 0 Å². The van der Waals surface area contributed by atoms with Crippen molar-refractivity contribution in [2.75, 3.05) is 39.8 Å². The normalized spacial score (nSPS) is 15.5. The Morgan fingerprint density at radius 3 is 2.62 bits per heavy atom. The molecule has 1 heterocycles. The van der Waals surface area contributed by atoms with Crippen LogP contribution in [-0.4, -0.2) is 60.6 Å².